The molecule has 2 aromatic carbocycles. The van der Waals surface area contributed by atoms with E-state index in [1.54, 1.807) is 11.0 Å². The highest BCUT2D eigenvalue weighted by Gasteiger charge is 2.39. The van der Waals surface area contributed by atoms with Crippen molar-refractivity contribution in [2.24, 2.45) is 5.92 Å². The molecule has 43 heavy (non-hydrogen) atoms. The molecular weight excluding hydrogens is 620 g/mol. The van der Waals surface area contributed by atoms with Crippen molar-refractivity contribution < 1.29 is 24.0 Å². The first-order valence-corrected chi connectivity index (χ1v) is 15.5. The number of hydrogen-bond acceptors (Lipinski definition) is 9. The number of amides is 3. The maximum absolute atomic E-state index is 13.0. The Labute approximate surface area is 258 Å². The lowest BCUT2D eigenvalue weighted by atomic mass is 9.95. The summed E-state index contributed by atoms with van der Waals surface area (Å²) in [5, 5.41) is 13.7. The molecule has 4 aliphatic heterocycles. The predicted octanol–water partition coefficient (Wildman–Crippen LogP) is 3.17. The number of piperidine rings is 2. The molecule has 0 saturated carbocycles. The molecule has 3 fully saturated rings. The third kappa shape index (κ3) is 5.92. The molecule has 13 heteroatoms. The summed E-state index contributed by atoms with van der Waals surface area (Å²) >= 11 is 3.52. The third-order valence-corrected chi connectivity index (χ3v) is 9.80. The largest absolute Gasteiger partial charge is 0.490 e. The van der Waals surface area contributed by atoms with Crippen molar-refractivity contribution in [3.63, 3.8) is 0 Å². The van der Waals surface area contributed by atoms with Gasteiger partial charge in [-0.2, -0.15) is 0 Å². The zero-order valence-electron chi connectivity index (χ0n) is 24.1. The van der Waals surface area contributed by atoms with Gasteiger partial charge in [-0.25, -0.2) is 0 Å². The molecule has 3 amide bonds. The van der Waals surface area contributed by atoms with Crippen LogP contribution in [0.15, 0.2) is 34.8 Å². The minimum absolute atomic E-state index is 0.0465. The number of ether oxygens (including phenoxy) is 1. The van der Waals surface area contributed by atoms with Gasteiger partial charge in [0.05, 0.1) is 17.7 Å². The fourth-order valence-corrected chi connectivity index (χ4v) is 7.33. The van der Waals surface area contributed by atoms with Gasteiger partial charge in [-0.05, 0) is 64.9 Å². The standard InChI is InChI=1S/C30H35BrN6O6/c1-43-27-16-25(23(31)15-26(27)37(41)42)35-8-6-19(7-9-35)17-33-10-12-34(13-11-33)21-2-3-22-20(14-21)18-36(30(22)40)24-4-5-28(38)32-29(24)39/h2-3,14-16,19,24H,4-13,17-18H2,1H3,(H,32,38,39). The fourth-order valence-electron chi connectivity index (χ4n) is 6.75. The van der Waals surface area contributed by atoms with E-state index in [9.17, 15) is 24.5 Å². The Balaban J connectivity index is 1.00. The maximum atomic E-state index is 13.0. The van der Waals surface area contributed by atoms with Gasteiger partial charge in [0, 0.05) is 86.6 Å². The average Bonchev–Trinajstić information content (AvgIpc) is 3.33. The zero-order chi connectivity index (χ0) is 30.2. The van der Waals surface area contributed by atoms with Gasteiger partial charge in [-0.3, -0.25) is 34.7 Å². The number of nitrogens with zero attached hydrogens (tertiary/aromatic N) is 5. The lowest BCUT2D eigenvalue weighted by molar-refractivity contribution is -0.385. The highest BCUT2D eigenvalue weighted by atomic mass is 79.9. The summed E-state index contributed by atoms with van der Waals surface area (Å²) in [7, 11) is 1.45. The van der Waals surface area contributed by atoms with E-state index in [4.69, 9.17) is 4.74 Å². The number of fused-ring (bicyclic) bond motifs is 1. The first-order chi connectivity index (χ1) is 20.7. The number of imide groups is 1. The Kier molecular flexibility index (Phi) is 8.27. The van der Waals surface area contributed by atoms with E-state index in [0.717, 1.165) is 75.6 Å². The van der Waals surface area contributed by atoms with E-state index in [1.165, 1.54) is 13.2 Å². The van der Waals surface area contributed by atoms with Crippen LogP contribution in [0.4, 0.5) is 17.1 Å². The van der Waals surface area contributed by atoms with E-state index in [1.807, 2.05) is 12.1 Å². The Morgan fingerprint density at radius 1 is 1.00 bits per heavy atom. The van der Waals surface area contributed by atoms with E-state index >= 15 is 0 Å². The average molecular weight is 656 g/mol. The van der Waals surface area contributed by atoms with Crippen LogP contribution in [0.5, 0.6) is 5.75 Å². The van der Waals surface area contributed by atoms with Crippen molar-refractivity contribution >= 4 is 50.7 Å². The number of rotatable bonds is 7. The number of hydrogen-bond donors (Lipinski definition) is 1. The Bertz CT molecular complexity index is 1450. The molecule has 2 aromatic rings. The number of piperazine rings is 1. The monoisotopic (exact) mass is 654 g/mol. The molecule has 1 N–H and O–H groups in total. The summed E-state index contributed by atoms with van der Waals surface area (Å²) < 4.78 is 5.98. The summed E-state index contributed by atoms with van der Waals surface area (Å²) in [6, 6.07) is 8.63. The first kappa shape index (κ1) is 29.4. The minimum Gasteiger partial charge on any atom is -0.490 e. The summed E-state index contributed by atoms with van der Waals surface area (Å²) in [6.45, 7) is 6.92. The molecule has 0 aliphatic carbocycles. The van der Waals surface area contributed by atoms with Gasteiger partial charge in [0.15, 0.2) is 5.75 Å². The van der Waals surface area contributed by atoms with Gasteiger partial charge in [0.1, 0.15) is 6.04 Å². The van der Waals surface area contributed by atoms with E-state index in [2.05, 4.69) is 42.0 Å². The lowest BCUT2D eigenvalue weighted by Gasteiger charge is -2.40. The van der Waals surface area contributed by atoms with Crippen LogP contribution >= 0.6 is 15.9 Å². The minimum atomic E-state index is -0.602. The van der Waals surface area contributed by atoms with Crippen molar-refractivity contribution in [3.8, 4) is 5.75 Å². The van der Waals surface area contributed by atoms with Crippen LogP contribution in [0.3, 0.4) is 0 Å². The second kappa shape index (κ2) is 12.1. The number of nitro benzene ring substituents is 1. The molecule has 0 radical (unpaired) electrons. The Morgan fingerprint density at radius 3 is 2.42 bits per heavy atom. The number of methoxy groups -OCH3 is 1. The van der Waals surface area contributed by atoms with Crippen LogP contribution in [-0.4, -0.2) is 91.4 Å². The van der Waals surface area contributed by atoms with Gasteiger partial charge in [0.25, 0.3) is 5.91 Å². The smallest absolute Gasteiger partial charge is 0.312 e. The van der Waals surface area contributed by atoms with Crippen LogP contribution in [0.25, 0.3) is 0 Å². The Hall–Kier alpha value is -3.71. The Morgan fingerprint density at radius 2 is 1.74 bits per heavy atom. The highest BCUT2D eigenvalue weighted by Crippen LogP contribution is 2.39. The second-order valence-electron chi connectivity index (χ2n) is 11.7. The van der Waals surface area contributed by atoms with Gasteiger partial charge < -0.3 is 19.4 Å². The van der Waals surface area contributed by atoms with Crippen molar-refractivity contribution in [2.45, 2.75) is 38.3 Å². The molecule has 3 saturated heterocycles. The van der Waals surface area contributed by atoms with Gasteiger partial charge in [-0.1, -0.05) is 0 Å². The topological polar surface area (TPSA) is 129 Å². The van der Waals surface area contributed by atoms with Gasteiger partial charge in [-0.15, -0.1) is 0 Å². The summed E-state index contributed by atoms with van der Waals surface area (Å²) in [5.74, 6) is 0.0373. The molecular formula is C30H35BrN6O6. The van der Waals surface area contributed by atoms with Crippen LogP contribution in [0.2, 0.25) is 0 Å². The molecule has 6 rings (SSSR count). The number of anilines is 2. The van der Waals surface area contributed by atoms with Crippen LogP contribution in [0, 0.1) is 16.0 Å². The number of nitrogens with one attached hydrogen (secondary N) is 1. The predicted molar refractivity (Wildman–Crippen MR) is 163 cm³/mol. The molecule has 0 spiro atoms. The molecule has 1 unspecified atom stereocenters. The summed E-state index contributed by atoms with van der Waals surface area (Å²) in [5.41, 5.74) is 3.53. The number of nitro groups is 1. The molecule has 1 atom stereocenters. The SMILES string of the molecule is COc1cc(N2CCC(CN3CCN(c4ccc5c(c4)CN(C4CCC(=O)NC4=O)C5=O)CC3)CC2)c(Br)cc1[N+](=O)[O-]. The first-order valence-electron chi connectivity index (χ1n) is 14.7. The van der Waals surface area contributed by atoms with E-state index in [-0.39, 0.29) is 35.6 Å². The normalized spacial score (nSPS) is 21.7. The maximum Gasteiger partial charge on any atom is 0.312 e. The molecule has 4 heterocycles. The highest BCUT2D eigenvalue weighted by molar-refractivity contribution is 9.10. The molecule has 12 nitrogen and oxygen atoms in total. The molecule has 4 aliphatic rings. The van der Waals surface area contributed by atoms with Crippen LogP contribution < -0.4 is 19.9 Å². The van der Waals surface area contributed by atoms with Crippen LogP contribution in [0.1, 0.15) is 41.6 Å². The second-order valence-corrected chi connectivity index (χ2v) is 12.5. The molecule has 0 aromatic heterocycles. The molecule has 0 bridgehead atoms. The van der Waals surface area contributed by atoms with Crippen LogP contribution in [-0.2, 0) is 16.1 Å². The number of carbonyl (C=O) groups excluding carboxylic acids is 3. The summed E-state index contributed by atoms with van der Waals surface area (Å²) in [6.07, 6.45) is 2.71. The number of benzene rings is 2. The number of halogens is 1. The van der Waals surface area contributed by atoms with E-state index < -0.39 is 11.0 Å². The van der Waals surface area contributed by atoms with Crippen molar-refractivity contribution in [1.82, 2.24) is 15.1 Å². The zero-order valence-corrected chi connectivity index (χ0v) is 25.7. The van der Waals surface area contributed by atoms with Crippen molar-refractivity contribution in [2.75, 3.05) is 62.7 Å². The molecule has 228 valence electrons. The van der Waals surface area contributed by atoms with Crippen molar-refractivity contribution in [1.29, 1.82) is 0 Å². The van der Waals surface area contributed by atoms with Gasteiger partial charge >= 0.3 is 5.69 Å². The third-order valence-electron chi connectivity index (χ3n) is 9.16. The quantitative estimate of drug-likeness (QED) is 0.272. The van der Waals surface area contributed by atoms with Crippen molar-refractivity contribution in [3.05, 3.63) is 56.0 Å². The van der Waals surface area contributed by atoms with E-state index in [0.29, 0.717) is 28.9 Å². The summed E-state index contributed by atoms with van der Waals surface area (Å²) in [4.78, 5) is 56.6. The number of carbonyl (C=O) groups is 3. The lowest BCUT2D eigenvalue weighted by Crippen LogP contribution is -2.52. The fraction of sp³-hybridized carbons (Fsp3) is 0.500. The van der Waals surface area contributed by atoms with Gasteiger partial charge in [0.2, 0.25) is 11.8 Å².